The summed E-state index contributed by atoms with van der Waals surface area (Å²) >= 11 is 0. The van der Waals surface area contributed by atoms with Crippen LogP contribution < -0.4 is 10.9 Å². The van der Waals surface area contributed by atoms with Gasteiger partial charge in [0.1, 0.15) is 11.4 Å². The molecule has 0 unspecified atom stereocenters. The van der Waals surface area contributed by atoms with Gasteiger partial charge in [0.2, 0.25) is 0 Å². The Labute approximate surface area is 137 Å². The highest BCUT2D eigenvalue weighted by Gasteiger charge is 2.10. The summed E-state index contributed by atoms with van der Waals surface area (Å²) in [4.78, 5) is 23.8. The van der Waals surface area contributed by atoms with E-state index in [9.17, 15) is 14.0 Å². The quantitative estimate of drug-likeness (QED) is 0.748. The molecule has 0 aliphatic heterocycles. The van der Waals surface area contributed by atoms with Crippen molar-refractivity contribution >= 4 is 16.9 Å². The number of halogens is 1. The van der Waals surface area contributed by atoms with Crippen LogP contribution in [0.25, 0.3) is 11.0 Å². The van der Waals surface area contributed by atoms with Gasteiger partial charge in [-0.15, -0.1) is 0 Å². The van der Waals surface area contributed by atoms with E-state index in [1.165, 1.54) is 30.3 Å². The summed E-state index contributed by atoms with van der Waals surface area (Å²) in [5.74, 6) is -0.872. The zero-order valence-corrected chi connectivity index (χ0v) is 13.1. The predicted molar refractivity (Wildman–Crippen MR) is 89.4 cm³/mol. The van der Waals surface area contributed by atoms with Crippen molar-refractivity contribution in [3.63, 3.8) is 0 Å². The standard InChI is InChI=1S/C19H16FNO3/c1-2-12-6-7-17-16(8-12)14(10-18(22)24-17)11-21-19(23)13-4-3-5-15(20)9-13/h3-10H,2,11H2,1H3,(H,21,23). The molecule has 4 nitrogen and oxygen atoms in total. The predicted octanol–water partition coefficient (Wildman–Crippen LogP) is 3.42. The number of fused-ring (bicyclic) bond motifs is 1. The van der Waals surface area contributed by atoms with Gasteiger partial charge in [-0.2, -0.15) is 0 Å². The van der Waals surface area contributed by atoms with Gasteiger partial charge in [0.15, 0.2) is 0 Å². The van der Waals surface area contributed by atoms with Crippen LogP contribution in [0.15, 0.2) is 57.7 Å². The first-order valence-corrected chi connectivity index (χ1v) is 7.66. The van der Waals surface area contributed by atoms with Gasteiger partial charge in [-0.05, 0) is 47.9 Å². The third-order valence-electron chi connectivity index (χ3n) is 3.83. The molecule has 0 saturated heterocycles. The van der Waals surface area contributed by atoms with Crippen molar-refractivity contribution in [3.05, 3.63) is 81.5 Å². The van der Waals surface area contributed by atoms with Gasteiger partial charge in [0.25, 0.3) is 5.91 Å². The molecule has 2 aromatic carbocycles. The Balaban J connectivity index is 1.89. The number of amides is 1. The van der Waals surface area contributed by atoms with Gasteiger partial charge in [-0.3, -0.25) is 4.79 Å². The van der Waals surface area contributed by atoms with Crippen molar-refractivity contribution in [1.82, 2.24) is 5.32 Å². The van der Waals surface area contributed by atoms with E-state index in [0.29, 0.717) is 11.1 Å². The zero-order chi connectivity index (χ0) is 17.1. The molecule has 0 radical (unpaired) electrons. The van der Waals surface area contributed by atoms with Gasteiger partial charge in [-0.25, -0.2) is 9.18 Å². The molecule has 0 saturated carbocycles. The van der Waals surface area contributed by atoms with E-state index in [0.717, 1.165) is 17.4 Å². The fourth-order valence-corrected chi connectivity index (χ4v) is 2.55. The Bertz CT molecular complexity index is 962. The van der Waals surface area contributed by atoms with Crippen molar-refractivity contribution in [2.45, 2.75) is 19.9 Å². The van der Waals surface area contributed by atoms with Crippen LogP contribution in [0.5, 0.6) is 0 Å². The van der Waals surface area contributed by atoms with Crippen LogP contribution in [0.4, 0.5) is 4.39 Å². The number of rotatable bonds is 4. The summed E-state index contributed by atoms with van der Waals surface area (Å²) in [6.45, 7) is 2.19. The van der Waals surface area contributed by atoms with Crippen LogP contribution in [0.1, 0.15) is 28.4 Å². The average molecular weight is 325 g/mol. The van der Waals surface area contributed by atoms with Gasteiger partial charge in [-0.1, -0.05) is 19.1 Å². The fourth-order valence-electron chi connectivity index (χ4n) is 2.55. The zero-order valence-electron chi connectivity index (χ0n) is 13.1. The lowest BCUT2D eigenvalue weighted by atomic mass is 10.1. The lowest BCUT2D eigenvalue weighted by molar-refractivity contribution is 0.0950. The Morgan fingerprint density at radius 3 is 2.75 bits per heavy atom. The van der Waals surface area contributed by atoms with E-state index in [-0.39, 0.29) is 12.1 Å². The average Bonchev–Trinajstić information content (AvgIpc) is 2.58. The molecule has 24 heavy (non-hydrogen) atoms. The number of aryl methyl sites for hydroxylation is 1. The SMILES string of the molecule is CCc1ccc2oc(=O)cc(CNC(=O)c3cccc(F)c3)c2c1. The molecule has 5 heteroatoms. The van der Waals surface area contributed by atoms with Crippen LogP contribution >= 0.6 is 0 Å². The van der Waals surface area contributed by atoms with Gasteiger partial charge in [0, 0.05) is 23.6 Å². The van der Waals surface area contributed by atoms with Crippen LogP contribution in [0.2, 0.25) is 0 Å². The summed E-state index contributed by atoms with van der Waals surface area (Å²) in [5.41, 5.74) is 2.02. The topological polar surface area (TPSA) is 59.3 Å². The normalized spacial score (nSPS) is 10.8. The molecular formula is C19H16FNO3. The molecule has 0 aliphatic rings. The summed E-state index contributed by atoms with van der Waals surface area (Å²) in [5, 5.41) is 3.50. The molecule has 1 amide bonds. The molecule has 0 spiro atoms. The van der Waals surface area contributed by atoms with Crippen molar-refractivity contribution in [3.8, 4) is 0 Å². The molecule has 0 bridgehead atoms. The lowest BCUT2D eigenvalue weighted by Gasteiger charge is -2.09. The molecular weight excluding hydrogens is 309 g/mol. The molecule has 3 aromatic rings. The maximum atomic E-state index is 13.2. The number of carbonyl (C=O) groups excluding carboxylic acids is 1. The fraction of sp³-hybridized carbons (Fsp3) is 0.158. The minimum atomic E-state index is -0.471. The largest absolute Gasteiger partial charge is 0.423 e. The highest BCUT2D eigenvalue weighted by atomic mass is 19.1. The second-order valence-electron chi connectivity index (χ2n) is 5.47. The van der Waals surface area contributed by atoms with Crippen molar-refractivity contribution in [2.24, 2.45) is 0 Å². The van der Waals surface area contributed by atoms with Crippen molar-refractivity contribution in [2.75, 3.05) is 0 Å². The number of benzene rings is 2. The summed E-state index contributed by atoms with van der Waals surface area (Å²) in [7, 11) is 0. The number of nitrogens with one attached hydrogen (secondary N) is 1. The van der Waals surface area contributed by atoms with Gasteiger partial charge >= 0.3 is 5.63 Å². The third-order valence-corrected chi connectivity index (χ3v) is 3.83. The first-order valence-electron chi connectivity index (χ1n) is 7.66. The number of carbonyl (C=O) groups is 1. The third kappa shape index (κ3) is 3.35. The first-order chi connectivity index (χ1) is 11.6. The molecule has 122 valence electrons. The Kier molecular flexibility index (Phi) is 4.42. The van der Waals surface area contributed by atoms with Crippen molar-refractivity contribution in [1.29, 1.82) is 0 Å². The van der Waals surface area contributed by atoms with Crippen LogP contribution in [-0.2, 0) is 13.0 Å². The Morgan fingerprint density at radius 1 is 1.17 bits per heavy atom. The Morgan fingerprint density at radius 2 is 2.00 bits per heavy atom. The van der Waals surface area contributed by atoms with E-state index in [1.807, 2.05) is 19.1 Å². The Hall–Kier alpha value is -2.95. The number of hydrogen-bond acceptors (Lipinski definition) is 3. The van der Waals surface area contributed by atoms with E-state index in [4.69, 9.17) is 4.42 Å². The molecule has 0 fully saturated rings. The molecule has 0 aliphatic carbocycles. The van der Waals surface area contributed by atoms with Gasteiger partial charge < -0.3 is 9.73 Å². The maximum absolute atomic E-state index is 13.2. The molecule has 0 atom stereocenters. The second-order valence-corrected chi connectivity index (χ2v) is 5.47. The minimum absolute atomic E-state index is 0.157. The van der Waals surface area contributed by atoms with Crippen LogP contribution in [0, 0.1) is 5.82 Å². The van der Waals surface area contributed by atoms with Crippen LogP contribution in [0.3, 0.4) is 0 Å². The van der Waals surface area contributed by atoms with E-state index < -0.39 is 17.3 Å². The maximum Gasteiger partial charge on any atom is 0.336 e. The van der Waals surface area contributed by atoms with E-state index >= 15 is 0 Å². The first kappa shape index (κ1) is 15.9. The molecule has 3 rings (SSSR count). The molecule has 1 N–H and O–H groups in total. The highest BCUT2D eigenvalue weighted by molar-refractivity contribution is 5.94. The minimum Gasteiger partial charge on any atom is -0.423 e. The summed E-state index contributed by atoms with van der Waals surface area (Å²) < 4.78 is 18.4. The molecule has 1 heterocycles. The van der Waals surface area contributed by atoms with Crippen LogP contribution in [-0.4, -0.2) is 5.91 Å². The summed E-state index contributed by atoms with van der Waals surface area (Å²) in [6.07, 6.45) is 0.851. The van der Waals surface area contributed by atoms with Gasteiger partial charge in [0.05, 0.1) is 0 Å². The molecule has 1 aromatic heterocycles. The van der Waals surface area contributed by atoms with E-state index in [1.54, 1.807) is 6.07 Å². The smallest absolute Gasteiger partial charge is 0.336 e. The van der Waals surface area contributed by atoms with Crippen molar-refractivity contribution < 1.29 is 13.6 Å². The monoisotopic (exact) mass is 325 g/mol. The number of hydrogen-bond donors (Lipinski definition) is 1. The van der Waals surface area contributed by atoms with E-state index in [2.05, 4.69) is 5.32 Å². The lowest BCUT2D eigenvalue weighted by Crippen LogP contribution is -2.23. The second kappa shape index (κ2) is 6.66. The summed E-state index contributed by atoms with van der Waals surface area (Å²) in [6, 6.07) is 12.4. The highest BCUT2D eigenvalue weighted by Crippen LogP contribution is 2.19.